The SMILES string of the molecule is O=C(O)C1CC(=O)N(c2cccc(OCCOc3ccccc3)c2)C1. The Hall–Kier alpha value is -3.02. The molecule has 2 aromatic carbocycles. The van der Waals surface area contributed by atoms with Crippen LogP contribution >= 0.6 is 0 Å². The van der Waals surface area contributed by atoms with E-state index in [0.29, 0.717) is 24.7 Å². The van der Waals surface area contributed by atoms with Crippen LogP contribution in [0.4, 0.5) is 5.69 Å². The summed E-state index contributed by atoms with van der Waals surface area (Å²) in [5.74, 6) is -0.391. The van der Waals surface area contributed by atoms with Gasteiger partial charge in [0, 0.05) is 24.7 Å². The minimum absolute atomic E-state index is 0.0331. The Morgan fingerprint density at radius 2 is 1.72 bits per heavy atom. The number of hydrogen-bond donors (Lipinski definition) is 1. The molecule has 0 spiro atoms. The number of aliphatic carboxylic acids is 1. The lowest BCUT2D eigenvalue weighted by Gasteiger charge is -2.17. The lowest BCUT2D eigenvalue weighted by Crippen LogP contribution is -2.25. The van der Waals surface area contributed by atoms with E-state index in [1.54, 1.807) is 24.3 Å². The van der Waals surface area contributed by atoms with Crippen LogP contribution in [0.1, 0.15) is 6.42 Å². The largest absolute Gasteiger partial charge is 0.490 e. The number of anilines is 1. The molecule has 0 aromatic heterocycles. The van der Waals surface area contributed by atoms with Gasteiger partial charge >= 0.3 is 5.97 Å². The summed E-state index contributed by atoms with van der Waals surface area (Å²) in [6, 6.07) is 16.6. The van der Waals surface area contributed by atoms with E-state index in [2.05, 4.69) is 0 Å². The maximum Gasteiger partial charge on any atom is 0.308 e. The molecule has 25 heavy (non-hydrogen) atoms. The fourth-order valence-corrected chi connectivity index (χ4v) is 2.70. The van der Waals surface area contributed by atoms with Crippen LogP contribution < -0.4 is 14.4 Å². The second-order valence-corrected chi connectivity index (χ2v) is 5.75. The standard InChI is InChI=1S/C19H19NO5/c21-18-11-14(19(22)23)13-20(18)15-5-4-8-17(12-15)25-10-9-24-16-6-2-1-3-7-16/h1-8,12,14H,9-11,13H2,(H,22,23). The minimum Gasteiger partial charge on any atom is -0.490 e. The second kappa shape index (κ2) is 7.70. The van der Waals surface area contributed by atoms with Crippen molar-refractivity contribution in [1.29, 1.82) is 0 Å². The number of benzene rings is 2. The molecule has 1 amide bonds. The molecule has 1 aliphatic heterocycles. The van der Waals surface area contributed by atoms with E-state index in [-0.39, 0.29) is 18.9 Å². The summed E-state index contributed by atoms with van der Waals surface area (Å²) in [7, 11) is 0. The monoisotopic (exact) mass is 341 g/mol. The lowest BCUT2D eigenvalue weighted by molar-refractivity contribution is -0.141. The summed E-state index contributed by atoms with van der Waals surface area (Å²) in [5, 5.41) is 9.07. The van der Waals surface area contributed by atoms with Gasteiger partial charge in [0.2, 0.25) is 5.91 Å². The van der Waals surface area contributed by atoms with Gasteiger partial charge in [-0.15, -0.1) is 0 Å². The van der Waals surface area contributed by atoms with Crippen LogP contribution in [0.5, 0.6) is 11.5 Å². The van der Waals surface area contributed by atoms with Gasteiger partial charge in [-0.3, -0.25) is 9.59 Å². The molecule has 0 bridgehead atoms. The van der Waals surface area contributed by atoms with E-state index >= 15 is 0 Å². The first-order chi connectivity index (χ1) is 12.1. The number of carboxylic acid groups (broad SMARTS) is 1. The number of nitrogens with zero attached hydrogens (tertiary/aromatic N) is 1. The number of rotatable bonds is 7. The van der Waals surface area contributed by atoms with Crippen molar-refractivity contribution >= 4 is 17.6 Å². The van der Waals surface area contributed by atoms with Gasteiger partial charge in [0.05, 0.1) is 5.92 Å². The average Bonchev–Trinajstić information content (AvgIpc) is 3.02. The fourth-order valence-electron chi connectivity index (χ4n) is 2.70. The predicted octanol–water partition coefficient (Wildman–Crippen LogP) is 2.58. The van der Waals surface area contributed by atoms with Gasteiger partial charge in [0.1, 0.15) is 24.7 Å². The molecule has 6 heteroatoms. The third-order valence-electron chi connectivity index (χ3n) is 3.97. The second-order valence-electron chi connectivity index (χ2n) is 5.75. The number of hydrogen-bond acceptors (Lipinski definition) is 4. The van der Waals surface area contributed by atoms with Crippen molar-refractivity contribution in [1.82, 2.24) is 0 Å². The Labute approximate surface area is 145 Å². The highest BCUT2D eigenvalue weighted by Gasteiger charge is 2.35. The third-order valence-corrected chi connectivity index (χ3v) is 3.97. The van der Waals surface area contributed by atoms with Crippen LogP contribution in [-0.4, -0.2) is 36.7 Å². The smallest absolute Gasteiger partial charge is 0.308 e. The summed E-state index contributed by atoms with van der Waals surface area (Å²) in [6.07, 6.45) is 0.0331. The van der Waals surface area contributed by atoms with Gasteiger partial charge < -0.3 is 19.5 Å². The van der Waals surface area contributed by atoms with Crippen LogP contribution in [-0.2, 0) is 9.59 Å². The van der Waals surface area contributed by atoms with Crippen molar-refractivity contribution in [2.24, 2.45) is 5.92 Å². The number of carbonyl (C=O) groups excluding carboxylic acids is 1. The summed E-state index contributed by atoms with van der Waals surface area (Å²) in [5.41, 5.74) is 0.648. The van der Waals surface area contributed by atoms with Crippen LogP contribution in [0.15, 0.2) is 54.6 Å². The molecule has 130 valence electrons. The Morgan fingerprint density at radius 3 is 2.40 bits per heavy atom. The normalized spacial score (nSPS) is 16.7. The lowest BCUT2D eigenvalue weighted by atomic mass is 10.1. The Morgan fingerprint density at radius 1 is 1.04 bits per heavy atom. The molecule has 1 unspecified atom stereocenters. The first kappa shape index (κ1) is 16.8. The molecular weight excluding hydrogens is 322 g/mol. The molecule has 1 saturated heterocycles. The number of carbonyl (C=O) groups is 2. The van der Waals surface area contributed by atoms with Crippen LogP contribution in [0.2, 0.25) is 0 Å². The topological polar surface area (TPSA) is 76.1 Å². The zero-order chi connectivity index (χ0) is 17.6. The highest BCUT2D eigenvalue weighted by molar-refractivity contribution is 5.99. The van der Waals surface area contributed by atoms with Gasteiger partial charge in [-0.05, 0) is 24.3 Å². The van der Waals surface area contributed by atoms with E-state index < -0.39 is 11.9 Å². The summed E-state index contributed by atoms with van der Waals surface area (Å²) < 4.78 is 11.2. The van der Waals surface area contributed by atoms with Crippen molar-refractivity contribution in [3.8, 4) is 11.5 Å². The quantitative estimate of drug-likeness (QED) is 0.784. The Balaban J connectivity index is 1.55. The molecule has 6 nitrogen and oxygen atoms in total. The maximum absolute atomic E-state index is 12.0. The maximum atomic E-state index is 12.0. The minimum atomic E-state index is -0.943. The molecule has 0 aliphatic carbocycles. The first-order valence-electron chi connectivity index (χ1n) is 8.07. The van der Waals surface area contributed by atoms with Crippen molar-refractivity contribution < 1.29 is 24.2 Å². The Bertz CT molecular complexity index is 746. The Kier molecular flexibility index (Phi) is 5.18. The molecule has 0 saturated carbocycles. The van der Waals surface area contributed by atoms with Crippen molar-refractivity contribution in [3.05, 3.63) is 54.6 Å². The zero-order valence-corrected chi connectivity index (χ0v) is 13.6. The molecule has 1 atom stereocenters. The van der Waals surface area contributed by atoms with Gasteiger partial charge in [-0.2, -0.15) is 0 Å². The zero-order valence-electron chi connectivity index (χ0n) is 13.6. The summed E-state index contributed by atoms with van der Waals surface area (Å²) in [4.78, 5) is 24.6. The van der Waals surface area contributed by atoms with Crippen molar-refractivity contribution in [2.75, 3.05) is 24.7 Å². The molecule has 1 N–H and O–H groups in total. The highest BCUT2D eigenvalue weighted by Crippen LogP contribution is 2.28. The van der Waals surface area contributed by atoms with Gasteiger partial charge in [-0.25, -0.2) is 0 Å². The van der Waals surface area contributed by atoms with E-state index in [9.17, 15) is 9.59 Å². The van der Waals surface area contributed by atoms with E-state index in [1.807, 2.05) is 30.3 Å². The average molecular weight is 341 g/mol. The molecule has 1 heterocycles. The van der Waals surface area contributed by atoms with Gasteiger partial charge in [-0.1, -0.05) is 24.3 Å². The third kappa shape index (κ3) is 4.29. The van der Waals surface area contributed by atoms with E-state index in [0.717, 1.165) is 5.75 Å². The van der Waals surface area contributed by atoms with Gasteiger partial charge in [0.25, 0.3) is 0 Å². The van der Waals surface area contributed by atoms with Gasteiger partial charge in [0.15, 0.2) is 0 Å². The summed E-state index contributed by atoms with van der Waals surface area (Å²) in [6.45, 7) is 0.955. The van der Waals surface area contributed by atoms with Crippen molar-refractivity contribution in [2.45, 2.75) is 6.42 Å². The summed E-state index contributed by atoms with van der Waals surface area (Å²) >= 11 is 0. The molecule has 2 aromatic rings. The first-order valence-corrected chi connectivity index (χ1v) is 8.07. The highest BCUT2D eigenvalue weighted by atomic mass is 16.5. The van der Waals surface area contributed by atoms with Crippen LogP contribution in [0.3, 0.4) is 0 Å². The number of amides is 1. The molecule has 1 fully saturated rings. The number of para-hydroxylation sites is 1. The van der Waals surface area contributed by atoms with E-state index in [4.69, 9.17) is 14.6 Å². The van der Waals surface area contributed by atoms with Crippen molar-refractivity contribution in [3.63, 3.8) is 0 Å². The number of carboxylic acids is 1. The molecule has 1 aliphatic rings. The molecule has 0 radical (unpaired) electrons. The molecule has 3 rings (SSSR count). The number of ether oxygens (including phenoxy) is 2. The van der Waals surface area contributed by atoms with Crippen LogP contribution in [0.25, 0.3) is 0 Å². The van der Waals surface area contributed by atoms with E-state index in [1.165, 1.54) is 4.90 Å². The predicted molar refractivity (Wildman–Crippen MR) is 92.0 cm³/mol. The fraction of sp³-hybridized carbons (Fsp3) is 0.263. The van der Waals surface area contributed by atoms with Crippen LogP contribution in [0, 0.1) is 5.92 Å². The molecular formula is C19H19NO5.